The summed E-state index contributed by atoms with van der Waals surface area (Å²) in [7, 11) is 0. The monoisotopic (exact) mass is 335 g/mol. The first-order valence-electron chi connectivity index (χ1n) is 7.54. The van der Waals surface area contributed by atoms with Gasteiger partial charge in [0.05, 0.1) is 28.4 Å². The zero-order valence-corrected chi connectivity index (χ0v) is 13.5. The van der Waals surface area contributed by atoms with Crippen molar-refractivity contribution in [3.8, 4) is 0 Å². The van der Waals surface area contributed by atoms with E-state index in [2.05, 4.69) is 9.97 Å². The van der Waals surface area contributed by atoms with E-state index in [1.165, 1.54) is 16.7 Å². The summed E-state index contributed by atoms with van der Waals surface area (Å²) in [4.78, 5) is 34.8. The number of benzene rings is 2. The predicted octanol–water partition coefficient (Wildman–Crippen LogP) is 3.02. The van der Waals surface area contributed by atoms with E-state index in [4.69, 9.17) is 0 Å². The number of hydrogen-bond acceptors (Lipinski definition) is 5. The van der Waals surface area contributed by atoms with Gasteiger partial charge in [-0.1, -0.05) is 24.3 Å². The van der Waals surface area contributed by atoms with Crippen LogP contribution in [0.25, 0.3) is 11.0 Å². The Balaban J connectivity index is 1.44. The number of carbonyl (C=O) groups is 2. The molecular weight excluding hydrogens is 322 g/mol. The molecule has 24 heavy (non-hydrogen) atoms. The van der Waals surface area contributed by atoms with Crippen LogP contribution in [0.2, 0.25) is 0 Å². The van der Waals surface area contributed by atoms with Gasteiger partial charge in [-0.3, -0.25) is 19.5 Å². The molecule has 5 nitrogen and oxygen atoms in total. The lowest BCUT2D eigenvalue weighted by Gasteiger charge is -2.13. The predicted molar refractivity (Wildman–Crippen MR) is 92.1 cm³/mol. The highest BCUT2D eigenvalue weighted by atomic mass is 32.2. The maximum atomic E-state index is 12.3. The van der Waals surface area contributed by atoms with Crippen LogP contribution in [0.4, 0.5) is 0 Å². The molecule has 1 aromatic heterocycles. The minimum Gasteiger partial charge on any atom is -0.273 e. The molecule has 2 heterocycles. The molecule has 1 aliphatic rings. The molecule has 6 heteroatoms. The fraction of sp³-hybridized carbons (Fsp3) is 0.111. The maximum absolute atomic E-state index is 12.3. The van der Waals surface area contributed by atoms with E-state index in [1.54, 1.807) is 30.5 Å². The van der Waals surface area contributed by atoms with E-state index in [9.17, 15) is 9.59 Å². The first kappa shape index (κ1) is 14.8. The highest BCUT2D eigenvalue weighted by Gasteiger charge is 2.34. The Morgan fingerprint density at radius 3 is 2.21 bits per heavy atom. The van der Waals surface area contributed by atoms with E-state index in [-0.39, 0.29) is 11.8 Å². The zero-order valence-electron chi connectivity index (χ0n) is 12.7. The molecule has 0 N–H and O–H groups in total. The first-order valence-corrected chi connectivity index (χ1v) is 8.52. The molecule has 0 radical (unpaired) electrons. The average molecular weight is 335 g/mol. The van der Waals surface area contributed by atoms with Crippen LogP contribution in [0.15, 0.2) is 59.8 Å². The van der Waals surface area contributed by atoms with Crippen LogP contribution in [0.5, 0.6) is 0 Å². The topological polar surface area (TPSA) is 63.2 Å². The number of fused-ring (bicyclic) bond motifs is 2. The number of amides is 2. The standard InChI is InChI=1S/C18H13N3O2S/c22-17-12-5-1-2-6-13(12)18(23)21(17)9-10-24-16-11-19-14-7-3-4-8-15(14)20-16/h1-8,11H,9-10H2. The smallest absolute Gasteiger partial charge is 0.261 e. The number of imide groups is 1. The molecule has 2 aromatic carbocycles. The van der Waals surface area contributed by atoms with Crippen molar-refractivity contribution in [3.63, 3.8) is 0 Å². The average Bonchev–Trinajstić information content (AvgIpc) is 2.87. The van der Waals surface area contributed by atoms with Crippen LogP contribution in [0.3, 0.4) is 0 Å². The van der Waals surface area contributed by atoms with Gasteiger partial charge in [-0.05, 0) is 24.3 Å². The fourth-order valence-electron chi connectivity index (χ4n) is 2.69. The summed E-state index contributed by atoms with van der Waals surface area (Å²) in [5.74, 6) is 0.139. The number of carbonyl (C=O) groups excluding carboxylic acids is 2. The van der Waals surface area contributed by atoms with Gasteiger partial charge >= 0.3 is 0 Å². The lowest BCUT2D eigenvalue weighted by atomic mass is 10.1. The van der Waals surface area contributed by atoms with Crippen LogP contribution < -0.4 is 0 Å². The van der Waals surface area contributed by atoms with Crippen molar-refractivity contribution in [1.29, 1.82) is 0 Å². The highest BCUT2D eigenvalue weighted by molar-refractivity contribution is 7.99. The Morgan fingerprint density at radius 1 is 0.875 bits per heavy atom. The number of para-hydroxylation sites is 2. The Morgan fingerprint density at radius 2 is 1.50 bits per heavy atom. The summed E-state index contributed by atoms with van der Waals surface area (Å²) in [6.45, 7) is 0.353. The van der Waals surface area contributed by atoms with Gasteiger partial charge in [0.2, 0.25) is 0 Å². The van der Waals surface area contributed by atoms with Crippen molar-refractivity contribution in [2.75, 3.05) is 12.3 Å². The van der Waals surface area contributed by atoms with Crippen LogP contribution >= 0.6 is 11.8 Å². The van der Waals surface area contributed by atoms with Crippen molar-refractivity contribution in [3.05, 3.63) is 65.9 Å². The molecule has 0 aliphatic carbocycles. The van der Waals surface area contributed by atoms with Crippen molar-refractivity contribution in [2.45, 2.75) is 5.03 Å². The number of aromatic nitrogens is 2. The van der Waals surface area contributed by atoms with Gasteiger partial charge in [-0.25, -0.2) is 4.98 Å². The van der Waals surface area contributed by atoms with Crippen molar-refractivity contribution < 1.29 is 9.59 Å². The van der Waals surface area contributed by atoms with Gasteiger partial charge in [0, 0.05) is 12.3 Å². The highest BCUT2D eigenvalue weighted by Crippen LogP contribution is 2.24. The van der Waals surface area contributed by atoms with Crippen LogP contribution in [-0.2, 0) is 0 Å². The summed E-state index contributed by atoms with van der Waals surface area (Å²) < 4.78 is 0. The third kappa shape index (κ3) is 2.55. The fourth-order valence-corrected chi connectivity index (χ4v) is 3.47. The minimum atomic E-state index is -0.221. The van der Waals surface area contributed by atoms with E-state index < -0.39 is 0 Å². The number of hydrogen-bond donors (Lipinski definition) is 0. The second kappa shape index (κ2) is 6.05. The second-order valence-corrected chi connectivity index (χ2v) is 6.47. The van der Waals surface area contributed by atoms with Crippen molar-refractivity contribution in [1.82, 2.24) is 14.9 Å². The van der Waals surface area contributed by atoms with Gasteiger partial charge in [0.15, 0.2) is 0 Å². The zero-order chi connectivity index (χ0) is 16.5. The van der Waals surface area contributed by atoms with Crippen LogP contribution in [0, 0.1) is 0 Å². The summed E-state index contributed by atoms with van der Waals surface area (Å²) in [5, 5.41) is 0.783. The molecule has 0 saturated heterocycles. The Kier molecular flexibility index (Phi) is 3.74. The quantitative estimate of drug-likeness (QED) is 0.542. The van der Waals surface area contributed by atoms with Crippen molar-refractivity contribution in [2.24, 2.45) is 0 Å². The van der Waals surface area contributed by atoms with Crippen LogP contribution in [0.1, 0.15) is 20.7 Å². The molecule has 0 fully saturated rings. The lowest BCUT2D eigenvalue weighted by molar-refractivity contribution is 0.0664. The number of rotatable bonds is 4. The third-order valence-electron chi connectivity index (χ3n) is 3.87. The number of thioether (sulfide) groups is 1. The van der Waals surface area contributed by atoms with E-state index in [0.717, 1.165) is 16.1 Å². The summed E-state index contributed by atoms with van der Waals surface area (Å²) in [5.41, 5.74) is 2.65. The molecule has 3 aromatic rings. The van der Waals surface area contributed by atoms with Gasteiger partial charge < -0.3 is 0 Å². The Hall–Kier alpha value is -2.73. The largest absolute Gasteiger partial charge is 0.273 e. The van der Waals surface area contributed by atoms with Gasteiger partial charge in [-0.15, -0.1) is 11.8 Å². The van der Waals surface area contributed by atoms with E-state index in [1.807, 2.05) is 24.3 Å². The molecular formula is C18H13N3O2S. The molecule has 0 spiro atoms. The molecule has 0 atom stereocenters. The third-order valence-corrected chi connectivity index (χ3v) is 4.75. The molecule has 1 aliphatic heterocycles. The second-order valence-electron chi connectivity index (χ2n) is 5.35. The van der Waals surface area contributed by atoms with Gasteiger partial charge in [0.25, 0.3) is 11.8 Å². The lowest BCUT2D eigenvalue weighted by Crippen LogP contribution is -2.31. The maximum Gasteiger partial charge on any atom is 0.261 e. The van der Waals surface area contributed by atoms with Gasteiger partial charge in [0.1, 0.15) is 5.03 Å². The Labute approximate surface area is 142 Å². The van der Waals surface area contributed by atoms with E-state index in [0.29, 0.717) is 23.4 Å². The summed E-state index contributed by atoms with van der Waals surface area (Å²) in [6, 6.07) is 14.6. The van der Waals surface area contributed by atoms with Crippen LogP contribution in [-0.4, -0.2) is 39.0 Å². The molecule has 0 saturated carbocycles. The Bertz CT molecular complexity index is 923. The number of nitrogens with zero attached hydrogens (tertiary/aromatic N) is 3. The van der Waals surface area contributed by atoms with Gasteiger partial charge in [-0.2, -0.15) is 0 Å². The minimum absolute atomic E-state index is 0.221. The molecule has 0 bridgehead atoms. The first-order chi connectivity index (χ1) is 11.7. The SMILES string of the molecule is O=C1c2ccccc2C(=O)N1CCSc1cnc2ccccc2n1. The van der Waals surface area contributed by atoms with Crippen molar-refractivity contribution >= 4 is 34.6 Å². The van der Waals surface area contributed by atoms with E-state index >= 15 is 0 Å². The summed E-state index contributed by atoms with van der Waals surface area (Å²) >= 11 is 1.49. The summed E-state index contributed by atoms with van der Waals surface area (Å²) in [6.07, 6.45) is 1.72. The normalized spacial score (nSPS) is 13.6. The molecule has 2 amide bonds. The molecule has 4 rings (SSSR count). The molecule has 118 valence electrons. The molecule has 0 unspecified atom stereocenters.